The van der Waals surface area contributed by atoms with Crippen molar-refractivity contribution >= 4 is 33.9 Å². The highest BCUT2D eigenvalue weighted by Crippen LogP contribution is 2.28. The van der Waals surface area contributed by atoms with Gasteiger partial charge in [0, 0.05) is 10.9 Å². The summed E-state index contributed by atoms with van der Waals surface area (Å²) < 4.78 is 11.0. The van der Waals surface area contributed by atoms with Crippen molar-refractivity contribution in [2.75, 3.05) is 6.61 Å². The number of amides is 1. The number of benzene rings is 3. The van der Waals surface area contributed by atoms with Crippen LogP contribution >= 0.6 is 0 Å². The molecule has 0 saturated heterocycles. The van der Waals surface area contributed by atoms with Crippen LogP contribution in [-0.2, 0) is 0 Å². The Balaban J connectivity index is 1.54. The normalized spacial score (nSPS) is 11.0. The van der Waals surface area contributed by atoms with Gasteiger partial charge in [-0.2, -0.15) is 10.4 Å². The van der Waals surface area contributed by atoms with Crippen molar-refractivity contribution in [1.29, 1.82) is 5.26 Å². The second-order valence-corrected chi connectivity index (χ2v) is 5.99. The van der Waals surface area contributed by atoms with E-state index >= 15 is 0 Å². The van der Waals surface area contributed by atoms with E-state index < -0.39 is 5.91 Å². The van der Waals surface area contributed by atoms with Crippen molar-refractivity contribution in [3.63, 3.8) is 0 Å². The molecule has 0 radical (unpaired) electrons. The number of para-hydroxylation sites is 1. The van der Waals surface area contributed by atoms with Crippen LogP contribution < -0.4 is 10.2 Å². The summed E-state index contributed by atoms with van der Waals surface area (Å²) in [5, 5.41) is 15.6. The second-order valence-electron chi connectivity index (χ2n) is 5.99. The smallest absolute Gasteiger partial charge is 0.307 e. The van der Waals surface area contributed by atoms with Gasteiger partial charge >= 0.3 is 5.91 Å². The highest BCUT2D eigenvalue weighted by atomic mass is 16.5. The fourth-order valence-corrected chi connectivity index (χ4v) is 2.95. The molecule has 4 aromatic rings. The molecule has 4 rings (SSSR count). The van der Waals surface area contributed by atoms with E-state index in [1.807, 2.05) is 48.5 Å². The lowest BCUT2D eigenvalue weighted by molar-refractivity contribution is 0.0929. The zero-order valence-electron chi connectivity index (χ0n) is 14.8. The van der Waals surface area contributed by atoms with Gasteiger partial charge in [0.05, 0.1) is 6.21 Å². The Hall–Kier alpha value is -4.11. The molecule has 0 spiro atoms. The lowest BCUT2D eigenvalue weighted by Gasteiger charge is -2.04. The molecule has 3 aromatic carbocycles. The topological polar surface area (TPSA) is 87.6 Å². The van der Waals surface area contributed by atoms with Crippen molar-refractivity contribution < 1.29 is 13.9 Å². The van der Waals surface area contributed by atoms with E-state index in [2.05, 4.69) is 10.5 Å². The minimum absolute atomic E-state index is 0.0653. The number of carbonyl (C=O) groups is 1. The molecule has 0 bridgehead atoms. The fraction of sp³-hybridized carbons (Fsp3) is 0.0455. The first kappa shape index (κ1) is 17.3. The number of ether oxygens (including phenoxy) is 1. The largest absolute Gasteiger partial charge is 0.478 e. The van der Waals surface area contributed by atoms with Gasteiger partial charge in [-0.05, 0) is 35.0 Å². The molecule has 136 valence electrons. The van der Waals surface area contributed by atoms with E-state index in [0.29, 0.717) is 16.9 Å². The maximum atomic E-state index is 12.4. The van der Waals surface area contributed by atoms with Gasteiger partial charge < -0.3 is 9.15 Å². The Labute approximate surface area is 160 Å². The number of nitrogens with zero attached hydrogens (tertiary/aromatic N) is 2. The van der Waals surface area contributed by atoms with E-state index in [1.54, 1.807) is 24.3 Å². The zero-order chi connectivity index (χ0) is 19.3. The number of hydrazone groups is 1. The number of furan rings is 1. The van der Waals surface area contributed by atoms with E-state index in [4.69, 9.17) is 14.4 Å². The van der Waals surface area contributed by atoms with E-state index in [-0.39, 0.29) is 12.4 Å². The summed E-state index contributed by atoms with van der Waals surface area (Å²) in [6.07, 6.45) is 1.46. The van der Waals surface area contributed by atoms with Gasteiger partial charge in [-0.25, -0.2) is 5.43 Å². The molecule has 28 heavy (non-hydrogen) atoms. The molecular weight excluding hydrogens is 354 g/mol. The number of nitrogens with one attached hydrogen (secondary N) is 1. The molecule has 0 atom stereocenters. The van der Waals surface area contributed by atoms with Gasteiger partial charge in [-0.15, -0.1) is 0 Å². The van der Waals surface area contributed by atoms with Gasteiger partial charge in [0.15, 0.2) is 12.4 Å². The van der Waals surface area contributed by atoms with Crippen LogP contribution in [0.25, 0.3) is 21.7 Å². The van der Waals surface area contributed by atoms with Crippen LogP contribution in [0, 0.1) is 11.3 Å². The maximum Gasteiger partial charge on any atom is 0.307 e. The third-order valence-corrected chi connectivity index (χ3v) is 4.23. The minimum atomic E-state index is -0.452. The van der Waals surface area contributed by atoms with Crippen LogP contribution in [0.5, 0.6) is 5.75 Å². The number of fused-ring (bicyclic) bond motifs is 3. The van der Waals surface area contributed by atoms with Crippen molar-refractivity contribution in [3.8, 4) is 11.8 Å². The Bertz CT molecular complexity index is 1230. The Kier molecular flexibility index (Phi) is 4.72. The quantitative estimate of drug-likeness (QED) is 0.421. The summed E-state index contributed by atoms with van der Waals surface area (Å²) >= 11 is 0. The molecule has 6 heteroatoms. The van der Waals surface area contributed by atoms with Crippen LogP contribution in [-0.4, -0.2) is 18.7 Å². The van der Waals surface area contributed by atoms with Crippen molar-refractivity contribution in [2.45, 2.75) is 0 Å². The molecule has 0 aliphatic carbocycles. The molecule has 0 saturated carbocycles. The minimum Gasteiger partial charge on any atom is -0.478 e. The van der Waals surface area contributed by atoms with Gasteiger partial charge in [-0.1, -0.05) is 42.5 Å². The Morgan fingerprint density at radius 3 is 2.82 bits per heavy atom. The van der Waals surface area contributed by atoms with E-state index in [0.717, 1.165) is 16.2 Å². The average Bonchev–Trinajstić information content (AvgIpc) is 3.18. The number of hydrogen-bond acceptors (Lipinski definition) is 5. The highest BCUT2D eigenvalue weighted by molar-refractivity contribution is 6.08. The predicted molar refractivity (Wildman–Crippen MR) is 106 cm³/mol. The number of hydrogen-bond donors (Lipinski definition) is 1. The van der Waals surface area contributed by atoms with Crippen molar-refractivity contribution in [3.05, 3.63) is 78.1 Å². The number of rotatable bonds is 5. The first-order valence-electron chi connectivity index (χ1n) is 8.60. The average molecular weight is 369 g/mol. The molecule has 1 amide bonds. The molecule has 1 heterocycles. The third-order valence-electron chi connectivity index (χ3n) is 4.23. The van der Waals surface area contributed by atoms with E-state index in [1.165, 1.54) is 6.21 Å². The van der Waals surface area contributed by atoms with Crippen molar-refractivity contribution in [2.24, 2.45) is 5.10 Å². The summed E-state index contributed by atoms with van der Waals surface area (Å²) in [4.78, 5) is 12.4. The summed E-state index contributed by atoms with van der Waals surface area (Å²) in [6.45, 7) is -0.0653. The number of carbonyl (C=O) groups excluding carboxylic acids is 1. The molecule has 0 fully saturated rings. The molecule has 0 aliphatic heterocycles. The lowest BCUT2D eigenvalue weighted by atomic mass is 10.1. The van der Waals surface area contributed by atoms with Crippen molar-refractivity contribution in [1.82, 2.24) is 5.43 Å². The maximum absolute atomic E-state index is 12.4. The van der Waals surface area contributed by atoms with Crippen LogP contribution in [0.1, 0.15) is 16.1 Å². The fourth-order valence-electron chi connectivity index (χ4n) is 2.95. The SMILES string of the molecule is N#CCOc1ccccc1C=NNC(=O)c1cc2c(ccc3ccccc32)o1. The summed E-state index contributed by atoms with van der Waals surface area (Å²) in [5.41, 5.74) is 3.74. The summed E-state index contributed by atoms with van der Waals surface area (Å²) in [6, 6.07) is 22.5. The number of nitriles is 1. The zero-order valence-corrected chi connectivity index (χ0v) is 14.8. The lowest BCUT2D eigenvalue weighted by Crippen LogP contribution is -2.16. The van der Waals surface area contributed by atoms with Gasteiger partial charge in [0.25, 0.3) is 0 Å². The molecule has 0 unspecified atom stereocenters. The molecular formula is C22H15N3O3. The molecule has 0 aliphatic rings. The third kappa shape index (κ3) is 3.41. The van der Waals surface area contributed by atoms with E-state index in [9.17, 15) is 4.79 Å². The van der Waals surface area contributed by atoms with Crippen LogP contribution in [0.4, 0.5) is 0 Å². The van der Waals surface area contributed by atoms with Crippen LogP contribution in [0.2, 0.25) is 0 Å². The Morgan fingerprint density at radius 1 is 1.11 bits per heavy atom. The molecule has 1 aromatic heterocycles. The molecule has 1 N–H and O–H groups in total. The van der Waals surface area contributed by atoms with Gasteiger partial charge in [0.1, 0.15) is 17.4 Å². The summed E-state index contributed by atoms with van der Waals surface area (Å²) in [7, 11) is 0. The Morgan fingerprint density at radius 2 is 1.93 bits per heavy atom. The monoisotopic (exact) mass is 369 g/mol. The second kappa shape index (κ2) is 7.64. The highest BCUT2D eigenvalue weighted by Gasteiger charge is 2.13. The molecule has 6 nitrogen and oxygen atoms in total. The predicted octanol–water partition coefficient (Wildman–Crippen LogP) is 4.25. The van der Waals surface area contributed by atoms with Crippen LogP contribution in [0.3, 0.4) is 0 Å². The van der Waals surface area contributed by atoms with Crippen LogP contribution in [0.15, 0.2) is 76.2 Å². The standard InChI is InChI=1S/C22H15N3O3/c23-11-12-27-19-8-4-2-6-16(19)14-24-25-22(26)21-13-18-17-7-3-1-5-15(17)9-10-20(18)28-21/h1-10,13-14H,12H2,(H,25,26). The summed E-state index contributed by atoms with van der Waals surface area (Å²) in [5.74, 6) is 0.238. The first-order chi connectivity index (χ1) is 13.8. The van der Waals surface area contributed by atoms with Gasteiger partial charge in [0.2, 0.25) is 0 Å². The first-order valence-corrected chi connectivity index (χ1v) is 8.60. The van der Waals surface area contributed by atoms with Gasteiger partial charge in [-0.3, -0.25) is 4.79 Å².